The number of nitrogens with zero attached hydrogens (tertiary/aromatic N) is 5. The highest BCUT2D eigenvalue weighted by Gasteiger charge is 2.65. The van der Waals surface area contributed by atoms with Crippen LogP contribution in [-0.2, 0) is 49.5 Å². The Kier molecular flexibility index (Phi) is 20.4. The fraction of sp³-hybridized carbons (Fsp3) is 0.600. The number of nitrogen functional groups attached to an aromatic ring is 1. The molecule has 2 saturated heterocycles. The Balaban J connectivity index is 1.07. The smallest absolute Gasteiger partial charge is 0.402 e. The van der Waals surface area contributed by atoms with Gasteiger partial charge in [0.15, 0.2) is 11.6 Å². The number of fused-ring (bicyclic) bond motifs is 2. The lowest BCUT2D eigenvalue weighted by molar-refractivity contribution is -0.204. The molecular formula is C50H67ClFN6O9P. The van der Waals surface area contributed by atoms with Crippen molar-refractivity contribution in [3.8, 4) is 17.9 Å². The number of halogens is 2. The van der Waals surface area contributed by atoms with Crippen LogP contribution in [0, 0.1) is 28.5 Å². The topological polar surface area (TPSA) is 195 Å². The third-order valence-corrected chi connectivity index (χ3v) is 13.9. The SMILES string of the molecule is CCCCCCCCCCCCCCCCCCOC[C@H](COP(=O)(OC[C@H]1O[C@@](C#N)(c2ccc3c(N)ncnn23)[C@@H]2OC(C)(C)O[C@@H]21)Oc1ccccc1Cl)OCc1ccc(C#N)cc1F. The monoisotopic (exact) mass is 980 g/mol. The van der Waals surface area contributed by atoms with E-state index in [1.807, 2.05) is 6.07 Å². The Morgan fingerprint density at radius 2 is 1.56 bits per heavy atom. The molecule has 2 aliphatic heterocycles. The number of benzene rings is 2. The van der Waals surface area contributed by atoms with Gasteiger partial charge in [0.25, 0.3) is 0 Å². The number of unbranched alkanes of at least 4 members (excludes halogenated alkanes) is 15. The highest BCUT2D eigenvalue weighted by Crippen LogP contribution is 2.54. The second-order valence-corrected chi connectivity index (χ2v) is 20.0. The maximum Gasteiger partial charge on any atom is 0.530 e. The van der Waals surface area contributed by atoms with Crippen molar-refractivity contribution in [2.45, 2.75) is 166 Å². The summed E-state index contributed by atoms with van der Waals surface area (Å²) in [5.41, 5.74) is 5.49. The van der Waals surface area contributed by atoms with Crippen molar-refractivity contribution in [3.05, 3.63) is 88.6 Å². The van der Waals surface area contributed by atoms with Crippen molar-refractivity contribution in [2.75, 3.05) is 32.2 Å². The number of nitrogens with two attached hydrogens (primary N) is 1. The zero-order valence-electron chi connectivity index (χ0n) is 39.6. The average molecular weight is 982 g/mol. The van der Waals surface area contributed by atoms with Crippen LogP contribution in [0.4, 0.5) is 10.2 Å². The minimum absolute atomic E-state index is 0.0164. The van der Waals surface area contributed by atoms with E-state index in [1.165, 1.54) is 113 Å². The van der Waals surface area contributed by atoms with Gasteiger partial charge in [-0.15, -0.1) is 0 Å². The summed E-state index contributed by atoms with van der Waals surface area (Å²) in [5, 5.41) is 24.5. The lowest BCUT2D eigenvalue weighted by atomic mass is 9.92. The molecule has 6 atom stereocenters. The summed E-state index contributed by atoms with van der Waals surface area (Å²) in [6, 6.07) is 18.0. The first-order valence-electron chi connectivity index (χ1n) is 24.2. The van der Waals surface area contributed by atoms with Gasteiger partial charge in [-0.25, -0.2) is 18.5 Å². The van der Waals surface area contributed by atoms with E-state index in [0.717, 1.165) is 25.3 Å². The number of hydrogen-bond acceptors (Lipinski definition) is 14. The highest BCUT2D eigenvalue weighted by molar-refractivity contribution is 7.48. The Morgan fingerprint density at radius 3 is 2.21 bits per heavy atom. The lowest BCUT2D eigenvalue weighted by Gasteiger charge is -2.29. The van der Waals surface area contributed by atoms with Crippen molar-refractivity contribution in [3.63, 3.8) is 0 Å². The van der Waals surface area contributed by atoms with Crippen LogP contribution >= 0.6 is 19.4 Å². The van der Waals surface area contributed by atoms with Crippen LogP contribution in [0.15, 0.2) is 60.9 Å². The molecular weight excluding hydrogens is 914 g/mol. The van der Waals surface area contributed by atoms with Gasteiger partial charge in [0.1, 0.15) is 53.9 Å². The van der Waals surface area contributed by atoms with Gasteiger partial charge in [0.2, 0.25) is 5.60 Å². The van der Waals surface area contributed by atoms with Gasteiger partial charge in [0.05, 0.1) is 48.8 Å². The Morgan fingerprint density at radius 1 is 0.882 bits per heavy atom. The molecule has 15 nitrogen and oxygen atoms in total. The van der Waals surface area contributed by atoms with Crippen LogP contribution in [-0.4, -0.2) is 71.2 Å². The summed E-state index contributed by atoms with van der Waals surface area (Å²) in [4.78, 5) is 4.05. The number of nitriles is 2. The molecule has 0 radical (unpaired) electrons. The Bertz CT molecular complexity index is 2340. The first-order chi connectivity index (χ1) is 32.9. The Hall–Kier alpha value is -4.19. The fourth-order valence-electron chi connectivity index (χ4n) is 8.59. The van der Waals surface area contributed by atoms with Gasteiger partial charge in [-0.1, -0.05) is 133 Å². The molecule has 2 aromatic heterocycles. The second-order valence-electron chi connectivity index (χ2n) is 18.0. The lowest BCUT2D eigenvalue weighted by Crippen LogP contribution is -2.40. The minimum atomic E-state index is -4.63. The van der Waals surface area contributed by atoms with E-state index in [-0.39, 0.29) is 47.5 Å². The maximum absolute atomic E-state index is 15.0. The number of hydrogen-bond donors (Lipinski definition) is 1. The third-order valence-electron chi connectivity index (χ3n) is 12.2. The van der Waals surface area contributed by atoms with E-state index < -0.39 is 56.1 Å². The summed E-state index contributed by atoms with van der Waals surface area (Å²) in [7, 11) is -4.63. The predicted molar refractivity (Wildman–Crippen MR) is 255 cm³/mol. The van der Waals surface area contributed by atoms with Crippen LogP contribution in [0.25, 0.3) is 5.52 Å². The molecule has 0 amide bonds. The summed E-state index contributed by atoms with van der Waals surface area (Å²) >= 11 is 6.46. The van der Waals surface area contributed by atoms with Crippen molar-refractivity contribution in [2.24, 2.45) is 0 Å². The number of phosphoric ester groups is 1. The van der Waals surface area contributed by atoms with Crippen molar-refractivity contribution in [1.29, 1.82) is 10.5 Å². The molecule has 2 N–H and O–H groups in total. The van der Waals surface area contributed by atoms with Gasteiger partial charge in [0, 0.05) is 12.2 Å². The zero-order chi connectivity index (χ0) is 48.4. The van der Waals surface area contributed by atoms with Crippen LogP contribution in [0.3, 0.4) is 0 Å². The van der Waals surface area contributed by atoms with Crippen LogP contribution < -0.4 is 10.3 Å². The molecule has 370 valence electrons. The normalized spacial score (nSPS) is 21.0. The number of anilines is 1. The van der Waals surface area contributed by atoms with E-state index >= 15 is 0 Å². The molecule has 4 aromatic rings. The molecule has 0 saturated carbocycles. The van der Waals surface area contributed by atoms with Gasteiger partial charge < -0.3 is 33.9 Å². The van der Waals surface area contributed by atoms with E-state index in [2.05, 4.69) is 23.1 Å². The number of ether oxygens (including phenoxy) is 5. The minimum Gasteiger partial charge on any atom is -0.402 e. The molecule has 0 spiro atoms. The molecule has 0 bridgehead atoms. The molecule has 2 aliphatic rings. The van der Waals surface area contributed by atoms with Crippen molar-refractivity contribution < 1.29 is 46.2 Å². The fourth-order valence-corrected chi connectivity index (χ4v) is 10.1. The average Bonchev–Trinajstić information content (AvgIpc) is 4.00. The summed E-state index contributed by atoms with van der Waals surface area (Å²) in [6.07, 6.45) is 17.6. The second kappa shape index (κ2) is 26.1. The van der Waals surface area contributed by atoms with Crippen LogP contribution in [0.5, 0.6) is 5.75 Å². The van der Waals surface area contributed by atoms with E-state index in [1.54, 1.807) is 44.2 Å². The molecule has 6 rings (SSSR count). The highest BCUT2D eigenvalue weighted by atomic mass is 35.5. The van der Waals surface area contributed by atoms with Gasteiger partial charge >= 0.3 is 7.82 Å². The molecule has 4 heterocycles. The quantitative estimate of drug-likeness (QED) is 0.0369. The number of para-hydroxylation sites is 1. The van der Waals surface area contributed by atoms with Crippen LogP contribution in [0.1, 0.15) is 140 Å². The standard InChI is InChI=1S/C50H67ClFN6O9P/c1-4-5-6-7-8-9-10-11-12-13-14-15-16-17-18-21-28-60-32-39(61-31-38-25-24-37(30-53)29-41(38)52)33-62-68(59,67-43-23-20-19-22-40(43)51)63-34-44-46-47(66-49(2,3)65-46)50(35-54,64-44)45-27-26-42-48(55)56-36-57-58(42)45/h19-20,22-27,29,36,39,44,46-47H,4-18,21,28,31-34H2,1-3H3,(H2,55,56,57)/t39-,44-,46-,47-,50+,68?/m1/s1. The molecule has 1 unspecified atom stereocenters. The molecule has 68 heavy (non-hydrogen) atoms. The zero-order valence-corrected chi connectivity index (χ0v) is 41.3. The van der Waals surface area contributed by atoms with E-state index in [4.69, 9.17) is 54.6 Å². The Labute approximate surface area is 405 Å². The van der Waals surface area contributed by atoms with Gasteiger partial charge in [-0.05, 0) is 56.7 Å². The van der Waals surface area contributed by atoms with Gasteiger partial charge in [-0.2, -0.15) is 15.6 Å². The number of rotatable bonds is 31. The number of phosphoric acid groups is 1. The largest absolute Gasteiger partial charge is 0.530 e. The first kappa shape index (κ1) is 53.2. The third kappa shape index (κ3) is 14.7. The number of aromatic nitrogens is 3. The molecule has 2 aromatic carbocycles. The van der Waals surface area contributed by atoms with E-state index in [9.17, 15) is 19.5 Å². The van der Waals surface area contributed by atoms with Crippen molar-refractivity contribution in [1.82, 2.24) is 14.6 Å². The summed E-state index contributed by atoms with van der Waals surface area (Å²) in [5.74, 6) is -1.53. The first-order valence-corrected chi connectivity index (χ1v) is 26.0. The van der Waals surface area contributed by atoms with Gasteiger partial charge in [-0.3, -0.25) is 9.05 Å². The van der Waals surface area contributed by atoms with Crippen molar-refractivity contribution >= 4 is 30.8 Å². The molecule has 2 fully saturated rings. The summed E-state index contributed by atoms with van der Waals surface area (Å²) < 4.78 is 80.5. The van der Waals surface area contributed by atoms with E-state index in [0.29, 0.717) is 17.8 Å². The van der Waals surface area contributed by atoms with Crippen LogP contribution in [0.2, 0.25) is 5.02 Å². The summed E-state index contributed by atoms with van der Waals surface area (Å²) in [6.45, 7) is 5.12. The molecule has 18 heteroatoms. The maximum atomic E-state index is 15.0. The molecule has 0 aliphatic carbocycles. The predicted octanol–water partition coefficient (Wildman–Crippen LogP) is 11.7.